The van der Waals surface area contributed by atoms with Crippen LogP contribution in [0, 0.1) is 5.92 Å². The zero-order valence-corrected chi connectivity index (χ0v) is 17.4. The summed E-state index contributed by atoms with van der Waals surface area (Å²) in [4.78, 5) is 24.2. The van der Waals surface area contributed by atoms with Gasteiger partial charge in [0, 0.05) is 25.7 Å². The number of alkyl carbamates (subject to hydrolysis) is 1. The van der Waals surface area contributed by atoms with E-state index in [0.717, 1.165) is 19.3 Å². The summed E-state index contributed by atoms with van der Waals surface area (Å²) in [6.07, 6.45) is 3.97. The van der Waals surface area contributed by atoms with Gasteiger partial charge in [-0.3, -0.25) is 0 Å². The molecule has 0 radical (unpaired) electrons. The van der Waals surface area contributed by atoms with E-state index in [1.165, 1.54) is 4.90 Å². The lowest BCUT2D eigenvalue weighted by atomic mass is 9.83. The van der Waals surface area contributed by atoms with E-state index in [4.69, 9.17) is 14.6 Å². The topological polar surface area (TPSA) is 108 Å². The molecule has 0 atom stereocenters. The Labute approximate surface area is 167 Å². The van der Waals surface area contributed by atoms with Crippen LogP contribution in [0.4, 0.5) is 9.59 Å². The molecule has 0 unspecified atom stereocenters. The molecule has 1 heterocycles. The van der Waals surface area contributed by atoms with Gasteiger partial charge < -0.3 is 29.9 Å². The molecule has 2 fully saturated rings. The monoisotopic (exact) mass is 400 g/mol. The average molecular weight is 401 g/mol. The van der Waals surface area contributed by atoms with Gasteiger partial charge in [0.15, 0.2) is 0 Å². The fourth-order valence-electron chi connectivity index (χ4n) is 3.84. The molecule has 0 aromatic carbocycles. The van der Waals surface area contributed by atoms with Crippen LogP contribution in [0.5, 0.6) is 0 Å². The first-order chi connectivity index (χ1) is 13.1. The van der Waals surface area contributed by atoms with Crippen LogP contribution in [-0.4, -0.2) is 70.8 Å². The normalized spacial score (nSPS) is 26.7. The summed E-state index contributed by atoms with van der Waals surface area (Å²) in [6.45, 7) is 7.57. The van der Waals surface area contributed by atoms with Crippen LogP contribution in [0.1, 0.15) is 65.7 Å². The predicted octanol–water partition coefficient (Wildman–Crippen LogP) is 2.98. The molecule has 1 aliphatic heterocycles. The molecule has 0 spiro atoms. The summed E-state index contributed by atoms with van der Waals surface area (Å²) in [7, 11) is 0. The van der Waals surface area contributed by atoms with Crippen molar-refractivity contribution >= 4 is 12.2 Å². The largest absolute Gasteiger partial charge is 0.465 e. The third kappa shape index (κ3) is 7.83. The van der Waals surface area contributed by atoms with Crippen LogP contribution in [0.15, 0.2) is 0 Å². The first-order valence-electron chi connectivity index (χ1n) is 10.3. The van der Waals surface area contributed by atoms with Crippen LogP contribution in [0.3, 0.4) is 0 Å². The van der Waals surface area contributed by atoms with E-state index < -0.39 is 23.4 Å². The molecule has 2 aliphatic rings. The Balaban J connectivity index is 1.59. The average Bonchev–Trinajstić information content (AvgIpc) is 2.60. The Hall–Kier alpha value is -1.54. The summed E-state index contributed by atoms with van der Waals surface area (Å²) in [5.41, 5.74) is -1.35. The Bertz CT molecular complexity index is 517. The smallest absolute Gasteiger partial charge is 0.407 e. The minimum atomic E-state index is -0.839. The molecule has 1 aliphatic carbocycles. The lowest BCUT2D eigenvalue weighted by molar-refractivity contribution is -0.0748. The number of carbonyl (C=O) groups excluding carboxylic acids is 1. The molecule has 1 saturated heterocycles. The maximum Gasteiger partial charge on any atom is 0.407 e. The van der Waals surface area contributed by atoms with Gasteiger partial charge in [0.1, 0.15) is 5.60 Å². The fraction of sp³-hybridized carbons (Fsp3) is 0.900. The minimum Gasteiger partial charge on any atom is -0.465 e. The number of hydrogen-bond acceptors (Lipinski definition) is 5. The van der Waals surface area contributed by atoms with E-state index >= 15 is 0 Å². The number of aliphatic hydroxyl groups is 1. The van der Waals surface area contributed by atoms with E-state index in [9.17, 15) is 14.7 Å². The molecule has 0 bridgehead atoms. The van der Waals surface area contributed by atoms with Gasteiger partial charge in [-0.05, 0) is 71.6 Å². The number of nitrogens with zero attached hydrogens (tertiary/aromatic N) is 1. The van der Waals surface area contributed by atoms with Crippen molar-refractivity contribution in [3.05, 3.63) is 0 Å². The van der Waals surface area contributed by atoms with Crippen molar-refractivity contribution in [1.29, 1.82) is 0 Å². The number of nitrogens with one attached hydrogen (secondary N) is 1. The number of carboxylic acid groups (broad SMARTS) is 1. The van der Waals surface area contributed by atoms with Crippen molar-refractivity contribution in [2.75, 3.05) is 26.3 Å². The summed E-state index contributed by atoms with van der Waals surface area (Å²) >= 11 is 0. The van der Waals surface area contributed by atoms with Gasteiger partial charge >= 0.3 is 12.2 Å². The lowest BCUT2D eigenvalue weighted by Crippen LogP contribution is -2.46. The number of amides is 2. The van der Waals surface area contributed by atoms with Crippen LogP contribution in [0.25, 0.3) is 0 Å². The number of rotatable bonds is 6. The van der Waals surface area contributed by atoms with E-state index in [1.807, 2.05) is 20.8 Å². The zero-order chi connectivity index (χ0) is 20.8. The van der Waals surface area contributed by atoms with Crippen molar-refractivity contribution < 1.29 is 29.3 Å². The van der Waals surface area contributed by atoms with Gasteiger partial charge in [0.25, 0.3) is 0 Å². The first-order valence-corrected chi connectivity index (χ1v) is 10.3. The molecule has 0 aromatic heterocycles. The summed E-state index contributed by atoms with van der Waals surface area (Å²) < 4.78 is 11.0. The summed E-state index contributed by atoms with van der Waals surface area (Å²) in [5, 5.41) is 22.5. The first kappa shape index (κ1) is 22.7. The van der Waals surface area contributed by atoms with Crippen LogP contribution in [-0.2, 0) is 9.47 Å². The maximum atomic E-state index is 11.9. The Morgan fingerprint density at radius 1 is 1.14 bits per heavy atom. The van der Waals surface area contributed by atoms with E-state index in [-0.39, 0.29) is 6.04 Å². The Kier molecular flexibility index (Phi) is 7.95. The molecule has 2 amide bonds. The van der Waals surface area contributed by atoms with Crippen molar-refractivity contribution in [3.63, 3.8) is 0 Å². The number of piperidine rings is 1. The quantitative estimate of drug-likeness (QED) is 0.592. The molecule has 0 aromatic rings. The minimum absolute atomic E-state index is 0.0227. The van der Waals surface area contributed by atoms with E-state index in [0.29, 0.717) is 57.9 Å². The SMILES string of the molecule is CC(C)(C)OC(=O)NC1CCC(O)(COCCC2CCN(C(=O)O)CC2)CC1. The van der Waals surface area contributed by atoms with Crippen molar-refractivity contribution in [2.24, 2.45) is 5.92 Å². The highest BCUT2D eigenvalue weighted by atomic mass is 16.6. The number of carbonyl (C=O) groups is 2. The lowest BCUT2D eigenvalue weighted by Gasteiger charge is -2.36. The van der Waals surface area contributed by atoms with E-state index in [1.54, 1.807) is 0 Å². The van der Waals surface area contributed by atoms with Crippen LogP contribution in [0.2, 0.25) is 0 Å². The van der Waals surface area contributed by atoms with Crippen molar-refractivity contribution in [2.45, 2.75) is 83.0 Å². The molecule has 162 valence electrons. The maximum absolute atomic E-state index is 11.9. The molecule has 8 heteroatoms. The van der Waals surface area contributed by atoms with Gasteiger partial charge in [-0.1, -0.05) is 0 Å². The molecule has 3 N–H and O–H groups in total. The Morgan fingerprint density at radius 2 is 1.75 bits per heavy atom. The number of likely N-dealkylation sites (tertiary alicyclic amines) is 1. The number of ether oxygens (including phenoxy) is 2. The van der Waals surface area contributed by atoms with Gasteiger partial charge in [-0.15, -0.1) is 0 Å². The highest BCUT2D eigenvalue weighted by Gasteiger charge is 2.34. The third-order valence-corrected chi connectivity index (χ3v) is 5.56. The number of hydrogen-bond donors (Lipinski definition) is 3. The molecule has 8 nitrogen and oxygen atoms in total. The zero-order valence-electron chi connectivity index (χ0n) is 17.4. The van der Waals surface area contributed by atoms with Crippen LogP contribution >= 0.6 is 0 Å². The van der Waals surface area contributed by atoms with Gasteiger partial charge in [-0.25, -0.2) is 9.59 Å². The van der Waals surface area contributed by atoms with Gasteiger partial charge in [0.2, 0.25) is 0 Å². The second kappa shape index (κ2) is 9.78. The van der Waals surface area contributed by atoms with Crippen molar-refractivity contribution in [3.8, 4) is 0 Å². The highest BCUT2D eigenvalue weighted by Crippen LogP contribution is 2.29. The molecule has 1 saturated carbocycles. The van der Waals surface area contributed by atoms with E-state index in [2.05, 4.69) is 5.32 Å². The van der Waals surface area contributed by atoms with Gasteiger partial charge in [-0.2, -0.15) is 0 Å². The summed E-state index contributed by atoms with van der Waals surface area (Å²) in [5.74, 6) is 0.485. The second-order valence-electron chi connectivity index (χ2n) is 9.20. The van der Waals surface area contributed by atoms with Gasteiger partial charge in [0.05, 0.1) is 12.2 Å². The molecular formula is C20H36N2O6. The molecule has 28 heavy (non-hydrogen) atoms. The predicted molar refractivity (Wildman–Crippen MR) is 104 cm³/mol. The second-order valence-corrected chi connectivity index (χ2v) is 9.20. The third-order valence-electron chi connectivity index (χ3n) is 5.56. The molecule has 2 rings (SSSR count). The standard InChI is InChI=1S/C20H36N2O6/c1-19(2,3)28-17(23)21-16-4-9-20(26,10-5-16)14-27-13-8-15-6-11-22(12-7-15)18(24)25/h15-16,26H,4-14H2,1-3H3,(H,21,23)(H,24,25). The Morgan fingerprint density at radius 3 is 2.29 bits per heavy atom. The van der Waals surface area contributed by atoms with Crippen LogP contribution < -0.4 is 5.32 Å². The molecular weight excluding hydrogens is 364 g/mol. The summed E-state index contributed by atoms with van der Waals surface area (Å²) in [6, 6.07) is 0.0227. The highest BCUT2D eigenvalue weighted by molar-refractivity contribution is 5.68. The fourth-order valence-corrected chi connectivity index (χ4v) is 3.84. The van der Waals surface area contributed by atoms with Crippen molar-refractivity contribution in [1.82, 2.24) is 10.2 Å².